The fourth-order valence-electron chi connectivity index (χ4n) is 3.64. The summed E-state index contributed by atoms with van der Waals surface area (Å²) < 4.78 is 23.0. The number of hydrogen-bond donors (Lipinski definition) is 2. The number of carboxylic acid groups (broad SMARTS) is 1. The zero-order valence-corrected chi connectivity index (χ0v) is 15.4. The molecule has 138 valence electrons. The van der Waals surface area contributed by atoms with Crippen LogP contribution < -0.4 is 5.32 Å². The molecule has 7 heteroatoms. The summed E-state index contributed by atoms with van der Waals surface area (Å²) in [6, 6.07) is 8.72. The molecule has 2 rings (SSSR count). The number of benzene rings is 1. The van der Waals surface area contributed by atoms with Gasteiger partial charge in [0.15, 0.2) is 9.84 Å². The third kappa shape index (κ3) is 3.42. The lowest BCUT2D eigenvalue weighted by atomic mass is 9.78. The van der Waals surface area contributed by atoms with Gasteiger partial charge in [0, 0.05) is 12.8 Å². The van der Waals surface area contributed by atoms with Gasteiger partial charge in [-0.25, -0.2) is 8.42 Å². The van der Waals surface area contributed by atoms with E-state index in [1.54, 1.807) is 37.3 Å². The number of nitrogens with one attached hydrogen (secondary N) is 1. The molecular formula is C18H25NO5S. The molecule has 1 aliphatic carbocycles. The summed E-state index contributed by atoms with van der Waals surface area (Å²) in [6.45, 7) is 1.61. The van der Waals surface area contributed by atoms with E-state index < -0.39 is 31.9 Å². The summed E-state index contributed by atoms with van der Waals surface area (Å²) >= 11 is 0. The van der Waals surface area contributed by atoms with Crippen molar-refractivity contribution in [3.05, 3.63) is 35.9 Å². The number of carboxylic acids is 1. The van der Waals surface area contributed by atoms with Crippen molar-refractivity contribution in [3.8, 4) is 0 Å². The van der Waals surface area contributed by atoms with Crippen molar-refractivity contribution < 1.29 is 23.1 Å². The monoisotopic (exact) mass is 367 g/mol. The van der Waals surface area contributed by atoms with Gasteiger partial charge in [0.25, 0.3) is 0 Å². The first kappa shape index (κ1) is 19.4. The number of carbonyl (C=O) groups is 2. The van der Waals surface area contributed by atoms with Crippen LogP contribution in [0.1, 0.15) is 44.6 Å². The van der Waals surface area contributed by atoms with Crippen LogP contribution in [0, 0.1) is 0 Å². The van der Waals surface area contributed by atoms with Gasteiger partial charge in [0.1, 0.15) is 10.2 Å². The Hall–Kier alpha value is -1.89. The molecule has 1 aromatic rings. The van der Waals surface area contributed by atoms with E-state index in [0.717, 1.165) is 6.26 Å². The molecule has 0 saturated heterocycles. The van der Waals surface area contributed by atoms with Gasteiger partial charge in [-0.05, 0) is 24.8 Å². The Labute approximate surface area is 148 Å². The Morgan fingerprint density at radius 3 is 2.20 bits per heavy atom. The highest BCUT2D eigenvalue weighted by Crippen LogP contribution is 2.37. The molecule has 0 aromatic heterocycles. The SMILES string of the molecule is CCC(CNC(=O)C1(S(C)(=O)=O)CCCC1)(C(=O)O)c1ccccc1. The van der Waals surface area contributed by atoms with Crippen molar-refractivity contribution in [1.82, 2.24) is 5.32 Å². The summed E-state index contributed by atoms with van der Waals surface area (Å²) in [6.07, 6.45) is 3.29. The summed E-state index contributed by atoms with van der Waals surface area (Å²) in [5, 5.41) is 12.5. The molecule has 0 bridgehead atoms. The second kappa shape index (κ2) is 7.15. The molecule has 0 radical (unpaired) electrons. The molecular weight excluding hydrogens is 342 g/mol. The third-order valence-electron chi connectivity index (χ3n) is 5.42. The maximum absolute atomic E-state index is 12.7. The smallest absolute Gasteiger partial charge is 0.315 e. The normalized spacial score (nSPS) is 19.1. The molecule has 2 N–H and O–H groups in total. The first-order valence-corrected chi connectivity index (χ1v) is 10.4. The molecule has 1 amide bonds. The van der Waals surface area contributed by atoms with Gasteiger partial charge in [-0.3, -0.25) is 9.59 Å². The van der Waals surface area contributed by atoms with Gasteiger partial charge in [0.2, 0.25) is 5.91 Å². The quantitative estimate of drug-likeness (QED) is 0.766. The predicted molar refractivity (Wildman–Crippen MR) is 95.1 cm³/mol. The Balaban J connectivity index is 2.30. The highest BCUT2D eigenvalue weighted by molar-refractivity contribution is 7.92. The van der Waals surface area contributed by atoms with Crippen molar-refractivity contribution in [1.29, 1.82) is 0 Å². The lowest BCUT2D eigenvalue weighted by molar-refractivity contribution is -0.144. The van der Waals surface area contributed by atoms with E-state index in [4.69, 9.17) is 0 Å². The highest BCUT2D eigenvalue weighted by atomic mass is 32.2. The molecule has 1 saturated carbocycles. The van der Waals surface area contributed by atoms with Crippen LogP contribution in [0.3, 0.4) is 0 Å². The molecule has 1 atom stereocenters. The molecule has 1 aliphatic rings. The number of rotatable bonds is 7. The molecule has 0 spiro atoms. The lowest BCUT2D eigenvalue weighted by Crippen LogP contribution is -2.54. The molecule has 1 aromatic carbocycles. The zero-order chi connectivity index (χ0) is 18.7. The minimum Gasteiger partial charge on any atom is -0.481 e. The van der Waals surface area contributed by atoms with Crippen molar-refractivity contribution in [2.75, 3.05) is 12.8 Å². The average molecular weight is 367 g/mol. The number of hydrogen-bond acceptors (Lipinski definition) is 4. The highest BCUT2D eigenvalue weighted by Gasteiger charge is 2.51. The fourth-order valence-corrected chi connectivity index (χ4v) is 5.08. The fraction of sp³-hybridized carbons (Fsp3) is 0.556. The average Bonchev–Trinajstić information content (AvgIpc) is 3.07. The van der Waals surface area contributed by atoms with E-state index in [1.165, 1.54) is 0 Å². The van der Waals surface area contributed by atoms with Crippen molar-refractivity contribution in [2.24, 2.45) is 0 Å². The molecule has 0 aliphatic heterocycles. The van der Waals surface area contributed by atoms with E-state index in [1.807, 2.05) is 0 Å². The van der Waals surface area contributed by atoms with E-state index in [-0.39, 0.29) is 25.8 Å². The summed E-state index contributed by atoms with van der Waals surface area (Å²) in [5.74, 6) is -1.62. The first-order valence-electron chi connectivity index (χ1n) is 8.46. The van der Waals surface area contributed by atoms with Crippen LogP contribution in [0.25, 0.3) is 0 Å². The predicted octanol–water partition coefficient (Wildman–Crippen LogP) is 1.89. The Kier molecular flexibility index (Phi) is 5.56. The Morgan fingerprint density at radius 2 is 1.76 bits per heavy atom. The van der Waals surface area contributed by atoms with Gasteiger partial charge in [-0.15, -0.1) is 0 Å². The van der Waals surface area contributed by atoms with E-state index >= 15 is 0 Å². The van der Waals surface area contributed by atoms with Gasteiger partial charge in [0.05, 0.1) is 0 Å². The van der Waals surface area contributed by atoms with Crippen LogP contribution >= 0.6 is 0 Å². The van der Waals surface area contributed by atoms with Gasteiger partial charge in [-0.2, -0.15) is 0 Å². The van der Waals surface area contributed by atoms with Crippen LogP contribution in [-0.4, -0.2) is 42.9 Å². The van der Waals surface area contributed by atoms with Crippen molar-refractivity contribution >= 4 is 21.7 Å². The molecule has 1 fully saturated rings. The molecule has 25 heavy (non-hydrogen) atoms. The Bertz CT molecular complexity index is 738. The summed E-state index contributed by atoms with van der Waals surface area (Å²) in [4.78, 5) is 24.7. The maximum Gasteiger partial charge on any atom is 0.315 e. The number of sulfone groups is 1. The van der Waals surface area contributed by atoms with Gasteiger partial charge < -0.3 is 10.4 Å². The summed E-state index contributed by atoms with van der Waals surface area (Å²) in [5.41, 5.74) is -0.695. The van der Waals surface area contributed by atoms with E-state index in [9.17, 15) is 23.1 Å². The number of amides is 1. The largest absolute Gasteiger partial charge is 0.481 e. The topological polar surface area (TPSA) is 101 Å². The van der Waals surface area contributed by atoms with Crippen LogP contribution in [0.4, 0.5) is 0 Å². The second-order valence-corrected chi connectivity index (χ2v) is 9.09. The standard InChI is InChI=1S/C18H25NO5S/c1-3-17(16(21)22,14-9-5-4-6-10-14)13-19-15(20)18(25(2,23)24)11-7-8-12-18/h4-6,9-10H,3,7-8,11-13H2,1-2H3,(H,19,20)(H,21,22). The minimum absolute atomic E-state index is 0.140. The maximum atomic E-state index is 12.7. The van der Waals surface area contributed by atoms with E-state index in [0.29, 0.717) is 18.4 Å². The van der Waals surface area contributed by atoms with Crippen LogP contribution in [0.5, 0.6) is 0 Å². The first-order chi connectivity index (χ1) is 11.7. The number of carbonyl (C=O) groups excluding carboxylic acids is 1. The van der Waals surface area contributed by atoms with Gasteiger partial charge >= 0.3 is 5.97 Å². The minimum atomic E-state index is -3.58. The zero-order valence-electron chi connectivity index (χ0n) is 14.6. The number of aliphatic carboxylic acids is 1. The third-order valence-corrected chi connectivity index (χ3v) is 7.44. The van der Waals surface area contributed by atoms with Crippen LogP contribution in [0.2, 0.25) is 0 Å². The Morgan fingerprint density at radius 1 is 1.20 bits per heavy atom. The van der Waals surface area contributed by atoms with Crippen molar-refractivity contribution in [3.63, 3.8) is 0 Å². The van der Waals surface area contributed by atoms with Crippen LogP contribution in [0.15, 0.2) is 30.3 Å². The summed E-state index contributed by atoms with van der Waals surface area (Å²) in [7, 11) is -3.58. The lowest BCUT2D eigenvalue weighted by Gasteiger charge is -2.32. The van der Waals surface area contributed by atoms with E-state index in [2.05, 4.69) is 5.32 Å². The molecule has 0 heterocycles. The molecule has 1 unspecified atom stereocenters. The van der Waals surface area contributed by atoms with Gasteiger partial charge in [-0.1, -0.05) is 50.1 Å². The molecule has 6 nitrogen and oxygen atoms in total. The van der Waals surface area contributed by atoms with Crippen LogP contribution in [-0.2, 0) is 24.8 Å². The van der Waals surface area contributed by atoms with Crippen molar-refractivity contribution in [2.45, 2.75) is 49.2 Å². The second-order valence-electron chi connectivity index (χ2n) is 6.76.